The summed E-state index contributed by atoms with van der Waals surface area (Å²) in [6, 6.07) is 7.31. The fourth-order valence-electron chi connectivity index (χ4n) is 3.91. The van der Waals surface area contributed by atoms with Crippen molar-refractivity contribution in [1.29, 1.82) is 0 Å². The molecule has 0 saturated heterocycles. The summed E-state index contributed by atoms with van der Waals surface area (Å²) in [7, 11) is 1.91. The zero-order chi connectivity index (χ0) is 18.9. The Hall–Kier alpha value is -3.09. The van der Waals surface area contributed by atoms with Crippen molar-refractivity contribution >= 4 is 17.1 Å². The molecular formula is C21H24N6O. The van der Waals surface area contributed by atoms with Gasteiger partial charge in [-0.25, -0.2) is 4.98 Å². The van der Waals surface area contributed by atoms with Crippen LogP contribution < -0.4 is 5.32 Å². The molecule has 7 nitrogen and oxygen atoms in total. The van der Waals surface area contributed by atoms with Gasteiger partial charge in [-0.15, -0.1) is 0 Å². The number of imidazole rings is 1. The number of hydrogen-bond donors (Lipinski definition) is 1. The Bertz CT molecular complexity index is 1090. The van der Waals surface area contributed by atoms with Crippen LogP contribution >= 0.6 is 0 Å². The highest BCUT2D eigenvalue weighted by Gasteiger charge is 2.16. The van der Waals surface area contributed by atoms with E-state index >= 15 is 0 Å². The van der Waals surface area contributed by atoms with Crippen LogP contribution in [0.25, 0.3) is 22.4 Å². The van der Waals surface area contributed by atoms with Crippen LogP contribution in [-0.4, -0.2) is 30.4 Å². The fourth-order valence-corrected chi connectivity index (χ4v) is 3.91. The van der Waals surface area contributed by atoms with E-state index in [9.17, 15) is 0 Å². The molecule has 0 radical (unpaired) electrons. The molecule has 1 aromatic carbocycles. The van der Waals surface area contributed by atoms with Crippen molar-refractivity contribution in [2.24, 2.45) is 7.05 Å². The second kappa shape index (κ2) is 7.14. The average Bonchev–Trinajstić information content (AvgIpc) is 3.42. The molecule has 28 heavy (non-hydrogen) atoms. The first-order valence-electron chi connectivity index (χ1n) is 9.90. The molecule has 4 aromatic rings. The van der Waals surface area contributed by atoms with Crippen molar-refractivity contribution in [2.45, 2.75) is 44.7 Å². The Balaban J connectivity index is 1.31. The van der Waals surface area contributed by atoms with E-state index in [2.05, 4.69) is 37.1 Å². The van der Waals surface area contributed by atoms with Crippen LogP contribution in [0.2, 0.25) is 0 Å². The molecule has 7 heteroatoms. The molecule has 0 bridgehead atoms. The first kappa shape index (κ1) is 17.0. The van der Waals surface area contributed by atoms with E-state index in [1.165, 1.54) is 32.1 Å². The van der Waals surface area contributed by atoms with Crippen molar-refractivity contribution in [3.05, 3.63) is 48.7 Å². The van der Waals surface area contributed by atoms with Gasteiger partial charge in [-0.05, 0) is 30.5 Å². The number of nitrogens with zero attached hydrogens (tertiary/aromatic N) is 5. The van der Waals surface area contributed by atoms with Gasteiger partial charge in [0.15, 0.2) is 5.58 Å². The minimum absolute atomic E-state index is 0.484. The molecule has 1 aliphatic carbocycles. The monoisotopic (exact) mass is 376 g/mol. The number of hydrogen-bond acceptors (Lipinski definition) is 5. The molecule has 1 saturated carbocycles. The Kier molecular flexibility index (Phi) is 4.35. The lowest BCUT2D eigenvalue weighted by atomic mass is 9.96. The molecule has 0 amide bonds. The number of anilines is 1. The Morgan fingerprint density at radius 2 is 2.07 bits per heavy atom. The molecule has 0 unspecified atom stereocenters. The number of aryl methyl sites for hydroxylation is 1. The van der Waals surface area contributed by atoms with Gasteiger partial charge in [0.2, 0.25) is 0 Å². The maximum absolute atomic E-state index is 5.97. The summed E-state index contributed by atoms with van der Waals surface area (Å²) in [5.41, 5.74) is 4.81. The number of oxazole rings is 1. The molecule has 0 spiro atoms. The highest BCUT2D eigenvalue weighted by atomic mass is 16.4. The van der Waals surface area contributed by atoms with Gasteiger partial charge >= 0.3 is 0 Å². The number of fused-ring (bicyclic) bond motifs is 1. The Morgan fingerprint density at radius 3 is 2.89 bits per heavy atom. The molecular weight excluding hydrogens is 352 g/mol. The Morgan fingerprint density at radius 1 is 1.18 bits per heavy atom. The highest BCUT2D eigenvalue weighted by Crippen LogP contribution is 2.25. The van der Waals surface area contributed by atoms with E-state index in [4.69, 9.17) is 4.42 Å². The van der Waals surface area contributed by atoms with Gasteiger partial charge in [0.1, 0.15) is 5.52 Å². The van der Waals surface area contributed by atoms with E-state index in [1.54, 1.807) is 4.68 Å². The normalized spacial score (nSPS) is 15.3. The van der Waals surface area contributed by atoms with Crippen LogP contribution in [0.1, 0.15) is 37.7 Å². The maximum Gasteiger partial charge on any atom is 0.295 e. The number of rotatable bonds is 5. The van der Waals surface area contributed by atoms with Crippen molar-refractivity contribution in [3.8, 4) is 11.3 Å². The summed E-state index contributed by atoms with van der Waals surface area (Å²) >= 11 is 0. The summed E-state index contributed by atoms with van der Waals surface area (Å²) in [5.74, 6) is 0. The van der Waals surface area contributed by atoms with Crippen LogP contribution in [0.15, 0.2) is 47.5 Å². The van der Waals surface area contributed by atoms with Gasteiger partial charge in [-0.3, -0.25) is 4.68 Å². The molecule has 5 rings (SSSR count). The smallest absolute Gasteiger partial charge is 0.295 e. The summed E-state index contributed by atoms with van der Waals surface area (Å²) in [4.78, 5) is 9.09. The standard InChI is InChI=1S/C21H24N6O/c1-26-12-16(10-23-26)19-13-27(14-22-19)11-15-7-8-18-20(9-15)28-21(25-18)24-17-5-3-2-4-6-17/h7-10,12-14,17H,2-6,11H2,1H3,(H,24,25). The quantitative estimate of drug-likeness (QED) is 0.565. The fraction of sp³-hybridized carbons (Fsp3) is 0.381. The number of aromatic nitrogens is 5. The maximum atomic E-state index is 5.97. The van der Waals surface area contributed by atoms with Gasteiger partial charge in [0.05, 0.1) is 18.2 Å². The van der Waals surface area contributed by atoms with E-state index < -0.39 is 0 Å². The molecule has 3 heterocycles. The second-order valence-corrected chi connectivity index (χ2v) is 7.63. The average molecular weight is 376 g/mol. The van der Waals surface area contributed by atoms with E-state index in [1.807, 2.05) is 38.0 Å². The first-order valence-corrected chi connectivity index (χ1v) is 9.90. The third-order valence-corrected chi connectivity index (χ3v) is 5.38. The zero-order valence-corrected chi connectivity index (χ0v) is 16.0. The van der Waals surface area contributed by atoms with E-state index in [0.29, 0.717) is 12.1 Å². The van der Waals surface area contributed by atoms with Crippen molar-refractivity contribution in [3.63, 3.8) is 0 Å². The lowest BCUT2D eigenvalue weighted by Crippen LogP contribution is -2.22. The molecule has 1 aliphatic rings. The third kappa shape index (κ3) is 3.52. The summed E-state index contributed by atoms with van der Waals surface area (Å²) in [6.45, 7) is 0.731. The van der Waals surface area contributed by atoms with Gasteiger partial charge in [-0.1, -0.05) is 25.3 Å². The zero-order valence-electron chi connectivity index (χ0n) is 16.0. The van der Waals surface area contributed by atoms with Crippen molar-refractivity contribution < 1.29 is 4.42 Å². The molecule has 0 atom stereocenters. The molecule has 3 aromatic heterocycles. The first-order chi connectivity index (χ1) is 13.7. The molecule has 0 aliphatic heterocycles. The SMILES string of the molecule is Cn1cc(-c2cn(Cc3ccc4nc(NC5CCCCC5)oc4c3)cn2)cn1. The number of benzene rings is 1. The van der Waals surface area contributed by atoms with Gasteiger partial charge in [-0.2, -0.15) is 10.1 Å². The Labute approximate surface area is 163 Å². The lowest BCUT2D eigenvalue weighted by Gasteiger charge is -2.21. The topological polar surface area (TPSA) is 73.7 Å². The molecule has 1 N–H and O–H groups in total. The molecule has 1 fully saturated rings. The lowest BCUT2D eigenvalue weighted by molar-refractivity contribution is 0.451. The predicted octanol–water partition coefficient (Wildman–Crippen LogP) is 4.22. The second-order valence-electron chi connectivity index (χ2n) is 7.63. The van der Waals surface area contributed by atoms with Gasteiger partial charge < -0.3 is 14.3 Å². The van der Waals surface area contributed by atoms with Crippen LogP contribution in [-0.2, 0) is 13.6 Å². The summed E-state index contributed by atoms with van der Waals surface area (Å²) in [6.07, 6.45) is 14.0. The minimum Gasteiger partial charge on any atom is -0.424 e. The van der Waals surface area contributed by atoms with Crippen molar-refractivity contribution in [2.75, 3.05) is 5.32 Å². The minimum atomic E-state index is 0.484. The van der Waals surface area contributed by atoms with Crippen molar-refractivity contribution in [1.82, 2.24) is 24.3 Å². The molecule has 144 valence electrons. The predicted molar refractivity (Wildman–Crippen MR) is 108 cm³/mol. The van der Waals surface area contributed by atoms with Crippen LogP contribution in [0.4, 0.5) is 6.01 Å². The van der Waals surface area contributed by atoms with Crippen LogP contribution in [0.5, 0.6) is 0 Å². The van der Waals surface area contributed by atoms with E-state index in [0.717, 1.165) is 34.5 Å². The third-order valence-electron chi connectivity index (χ3n) is 5.38. The van der Waals surface area contributed by atoms with Gasteiger partial charge in [0, 0.05) is 37.6 Å². The van der Waals surface area contributed by atoms with Gasteiger partial charge in [0.25, 0.3) is 6.01 Å². The largest absolute Gasteiger partial charge is 0.424 e. The highest BCUT2D eigenvalue weighted by molar-refractivity contribution is 5.75. The number of nitrogens with one attached hydrogen (secondary N) is 1. The summed E-state index contributed by atoms with van der Waals surface area (Å²) < 4.78 is 9.82. The van der Waals surface area contributed by atoms with Crippen LogP contribution in [0, 0.1) is 0 Å². The summed E-state index contributed by atoms with van der Waals surface area (Å²) in [5, 5.41) is 7.67. The van der Waals surface area contributed by atoms with Crippen LogP contribution in [0.3, 0.4) is 0 Å². The van der Waals surface area contributed by atoms with E-state index in [-0.39, 0.29) is 0 Å².